The average Bonchev–Trinajstić information content (AvgIpc) is 3.42. The van der Waals surface area contributed by atoms with Crippen LogP contribution in [-0.2, 0) is 19.1 Å². The topological polar surface area (TPSA) is 61.2 Å². The van der Waals surface area contributed by atoms with Crippen LogP contribution < -0.4 is 0 Å². The molecule has 2 aromatic carbocycles. The van der Waals surface area contributed by atoms with Gasteiger partial charge in [0.2, 0.25) is 0 Å². The van der Waals surface area contributed by atoms with Crippen LogP contribution in [0.4, 0.5) is 0 Å². The number of hydrogen-bond acceptors (Lipinski definition) is 5. The second-order valence-electron chi connectivity index (χ2n) is 8.13. The molecule has 0 bridgehead atoms. The Bertz CT molecular complexity index is 1510. The Morgan fingerprint density at radius 2 is 1.97 bits per heavy atom. The summed E-state index contributed by atoms with van der Waals surface area (Å²) in [6.07, 6.45) is 3.51. The number of carbonyl (C=O) groups excluding carboxylic acids is 1. The van der Waals surface area contributed by atoms with Gasteiger partial charge in [0, 0.05) is 32.3 Å². The number of nitrogens with zero attached hydrogens (tertiary/aromatic N) is 2. The van der Waals surface area contributed by atoms with E-state index in [1.165, 1.54) is 11.3 Å². The third kappa shape index (κ3) is 5.48. The van der Waals surface area contributed by atoms with Gasteiger partial charge < -0.3 is 4.74 Å². The van der Waals surface area contributed by atoms with Crippen LogP contribution in [0, 0.1) is 6.92 Å². The first-order chi connectivity index (χ1) is 16.6. The average molecular weight is 548 g/mol. The lowest BCUT2D eigenvalue weighted by atomic mass is 9.98. The van der Waals surface area contributed by atoms with Crippen molar-refractivity contribution in [2.45, 2.75) is 24.7 Å². The first-order valence-corrected chi connectivity index (χ1v) is 14.5. The molecule has 0 aliphatic carbocycles. The molecular formula is C26H24Cl2N2O3S2. The molecule has 4 rings (SSSR count). The van der Waals surface area contributed by atoms with Crippen molar-refractivity contribution < 1.29 is 13.7 Å². The molecule has 0 N–H and O–H groups in total. The summed E-state index contributed by atoms with van der Waals surface area (Å²) >= 11 is 14.1. The van der Waals surface area contributed by atoms with Gasteiger partial charge in [-0.05, 0) is 76.8 Å². The van der Waals surface area contributed by atoms with E-state index in [1.807, 2.05) is 54.1 Å². The van der Waals surface area contributed by atoms with Gasteiger partial charge in [0.25, 0.3) is 0 Å². The lowest BCUT2D eigenvalue weighted by Gasteiger charge is -2.18. The van der Waals surface area contributed by atoms with Crippen molar-refractivity contribution in [3.05, 3.63) is 87.9 Å². The van der Waals surface area contributed by atoms with Gasteiger partial charge in [-0.1, -0.05) is 41.4 Å². The number of thiophene rings is 1. The molecule has 5 nitrogen and oxygen atoms in total. The van der Waals surface area contributed by atoms with Gasteiger partial charge in [-0.25, -0.2) is 4.98 Å². The number of hydrogen-bond donors (Lipinski definition) is 0. The summed E-state index contributed by atoms with van der Waals surface area (Å²) in [6.45, 7) is 3.86. The van der Waals surface area contributed by atoms with Gasteiger partial charge in [0.05, 0.1) is 12.3 Å². The van der Waals surface area contributed by atoms with E-state index in [2.05, 4.69) is 10.9 Å². The number of aryl methyl sites for hydroxylation is 1. The molecule has 0 saturated heterocycles. The number of aromatic nitrogens is 2. The summed E-state index contributed by atoms with van der Waals surface area (Å²) in [5.41, 5.74) is 2.26. The van der Waals surface area contributed by atoms with Gasteiger partial charge >= 0.3 is 5.97 Å². The van der Waals surface area contributed by atoms with Gasteiger partial charge in [-0.15, -0.1) is 11.3 Å². The van der Waals surface area contributed by atoms with Crippen LogP contribution in [0.3, 0.4) is 0 Å². The van der Waals surface area contributed by atoms with Gasteiger partial charge in [-0.2, -0.15) is 0 Å². The molecule has 4 aromatic rings. The molecule has 2 unspecified atom stereocenters. The van der Waals surface area contributed by atoms with Crippen LogP contribution in [-0.4, -0.2) is 38.5 Å². The molecule has 9 heteroatoms. The van der Waals surface area contributed by atoms with Crippen molar-refractivity contribution in [3.8, 4) is 15.4 Å². The predicted octanol–water partition coefficient (Wildman–Crippen LogP) is 6.62. The molecule has 0 fully saturated rings. The third-order valence-electron chi connectivity index (χ3n) is 5.35. The lowest BCUT2D eigenvalue weighted by molar-refractivity contribution is -0.144. The van der Waals surface area contributed by atoms with Crippen molar-refractivity contribution in [1.82, 2.24) is 9.55 Å². The maximum atomic E-state index is 13.1. The number of carbonyl (C=O) groups is 1. The van der Waals surface area contributed by atoms with Crippen LogP contribution in [0.15, 0.2) is 65.7 Å². The molecule has 0 spiro atoms. The number of esters is 1. The van der Waals surface area contributed by atoms with Crippen molar-refractivity contribution in [3.63, 3.8) is 0 Å². The van der Waals surface area contributed by atoms with E-state index in [0.717, 1.165) is 21.1 Å². The van der Waals surface area contributed by atoms with Crippen LogP contribution in [0.5, 0.6) is 0 Å². The Balaban J connectivity index is 1.82. The van der Waals surface area contributed by atoms with Crippen LogP contribution in [0.25, 0.3) is 15.4 Å². The van der Waals surface area contributed by atoms with Gasteiger partial charge in [-0.3, -0.25) is 13.6 Å². The first-order valence-electron chi connectivity index (χ1n) is 10.8. The zero-order valence-corrected chi connectivity index (χ0v) is 22.6. The second-order valence-corrected chi connectivity index (χ2v) is 12.5. The van der Waals surface area contributed by atoms with E-state index >= 15 is 0 Å². The largest absolute Gasteiger partial charge is 0.465 e. The Hall–Kier alpha value is -2.58. The molecule has 2 aromatic heterocycles. The highest BCUT2D eigenvalue weighted by atomic mass is 35.5. The minimum Gasteiger partial charge on any atom is -0.465 e. The minimum atomic E-state index is -2.33. The Labute approximate surface area is 219 Å². The van der Waals surface area contributed by atoms with Crippen LogP contribution in [0.1, 0.15) is 29.9 Å². The Kier molecular flexibility index (Phi) is 7.43. The van der Waals surface area contributed by atoms with E-state index < -0.39 is 21.4 Å². The SMILES string of the molecule is C=S(C)(=O)c1cccc(-c2ccc(-n3cc(C)nc3C(C(=O)OCC)c3ccc(Cl)cc3Cl)s2)c1. The van der Waals surface area contributed by atoms with Gasteiger partial charge in [0.1, 0.15) is 16.7 Å². The summed E-state index contributed by atoms with van der Waals surface area (Å²) in [4.78, 5) is 19.5. The van der Waals surface area contributed by atoms with Crippen LogP contribution >= 0.6 is 34.5 Å². The van der Waals surface area contributed by atoms with Gasteiger partial charge in [0.15, 0.2) is 0 Å². The van der Waals surface area contributed by atoms with E-state index in [9.17, 15) is 9.00 Å². The Morgan fingerprint density at radius 3 is 2.66 bits per heavy atom. The maximum absolute atomic E-state index is 13.1. The zero-order valence-electron chi connectivity index (χ0n) is 19.5. The number of halogens is 2. The smallest absolute Gasteiger partial charge is 0.321 e. The highest BCUT2D eigenvalue weighted by molar-refractivity contribution is 7.99. The number of benzene rings is 2. The van der Waals surface area contributed by atoms with E-state index in [0.29, 0.717) is 26.3 Å². The molecule has 0 aliphatic rings. The summed E-state index contributed by atoms with van der Waals surface area (Å²) in [6, 6.07) is 16.6. The lowest BCUT2D eigenvalue weighted by Crippen LogP contribution is -2.21. The van der Waals surface area contributed by atoms with Crippen molar-refractivity contribution >= 4 is 55.9 Å². The van der Waals surface area contributed by atoms with E-state index in [1.54, 1.807) is 31.4 Å². The molecule has 35 heavy (non-hydrogen) atoms. The summed E-state index contributed by atoms with van der Waals surface area (Å²) in [5, 5.41) is 1.71. The number of ether oxygens (including phenoxy) is 1. The normalized spacial score (nSPS) is 13.9. The summed E-state index contributed by atoms with van der Waals surface area (Å²) in [7, 11) is -2.33. The summed E-state index contributed by atoms with van der Waals surface area (Å²) in [5.74, 6) is 3.01. The molecule has 182 valence electrons. The number of imidazole rings is 1. The quantitative estimate of drug-likeness (QED) is 0.193. The Morgan fingerprint density at radius 1 is 1.20 bits per heavy atom. The molecular weight excluding hydrogens is 523 g/mol. The predicted molar refractivity (Wildman–Crippen MR) is 146 cm³/mol. The van der Waals surface area contributed by atoms with Crippen molar-refractivity contribution in [1.29, 1.82) is 0 Å². The zero-order chi connectivity index (χ0) is 25.3. The van der Waals surface area contributed by atoms with E-state index in [4.69, 9.17) is 27.9 Å². The van der Waals surface area contributed by atoms with Crippen molar-refractivity contribution in [2.24, 2.45) is 0 Å². The summed E-state index contributed by atoms with van der Waals surface area (Å²) < 4.78 is 19.7. The van der Waals surface area contributed by atoms with E-state index in [-0.39, 0.29) is 6.61 Å². The monoisotopic (exact) mass is 546 g/mol. The molecule has 0 radical (unpaired) electrons. The molecule has 2 heterocycles. The molecule has 0 saturated carbocycles. The van der Waals surface area contributed by atoms with Crippen LogP contribution in [0.2, 0.25) is 10.0 Å². The molecule has 0 aliphatic heterocycles. The number of rotatable bonds is 7. The van der Waals surface area contributed by atoms with Crippen molar-refractivity contribution in [2.75, 3.05) is 12.9 Å². The molecule has 0 amide bonds. The second kappa shape index (κ2) is 10.2. The maximum Gasteiger partial charge on any atom is 0.321 e. The minimum absolute atomic E-state index is 0.229. The standard InChI is InChI=1S/C26H24Cl2N2O3S2/c1-5-33-26(31)24(20-10-9-18(27)14-21(20)28)25-29-16(2)15-30(25)23-12-11-22(34-23)17-7-6-8-19(13-17)35(3,4)32/h6-15,24H,3,5H2,1-2,4H3. The fraction of sp³-hybridized carbons (Fsp3) is 0.192. The first kappa shape index (κ1) is 25.5. The molecule has 2 atom stereocenters. The third-order valence-corrected chi connectivity index (χ3v) is 8.30. The fourth-order valence-electron chi connectivity index (χ4n) is 3.76. The fourth-order valence-corrected chi connectivity index (χ4v) is 6.01. The highest BCUT2D eigenvalue weighted by Crippen LogP contribution is 2.37. The highest BCUT2D eigenvalue weighted by Gasteiger charge is 2.31.